The Morgan fingerprint density at radius 1 is 0.742 bits per heavy atom. The van der Waals surface area contributed by atoms with Gasteiger partial charge in [-0.2, -0.15) is 47.9 Å². The van der Waals surface area contributed by atoms with E-state index in [0.717, 1.165) is 14.2 Å². The molecule has 0 amide bonds. The lowest BCUT2D eigenvalue weighted by Crippen LogP contribution is -2.63. The minimum absolute atomic E-state index is 0.242. The monoisotopic (exact) mass is 492 g/mol. The van der Waals surface area contributed by atoms with Crippen molar-refractivity contribution in [2.24, 2.45) is 0 Å². The van der Waals surface area contributed by atoms with Gasteiger partial charge in [0.05, 0.1) is 25.3 Å². The van der Waals surface area contributed by atoms with E-state index in [9.17, 15) is 57.5 Å². The third-order valence-electron chi connectivity index (χ3n) is 3.38. The van der Waals surface area contributed by atoms with E-state index >= 15 is 0 Å². The number of rotatable bonds is 7. The molecule has 0 unspecified atom stereocenters. The summed E-state index contributed by atoms with van der Waals surface area (Å²) in [5, 5.41) is -7.13. The molecule has 0 aliphatic heterocycles. The van der Waals surface area contributed by atoms with Gasteiger partial charge < -0.3 is 13.7 Å². The quantitative estimate of drug-likeness (QED) is 0.327. The van der Waals surface area contributed by atoms with Crippen LogP contribution in [0, 0.1) is 0 Å². The molecular formula is C14H9F9O7S. The number of hydrogen-bond donors (Lipinski definition) is 0. The number of carbonyl (C=O) groups is 2. The Morgan fingerprint density at radius 3 is 1.45 bits per heavy atom. The Bertz CT molecular complexity index is 937. The second kappa shape index (κ2) is 8.08. The molecule has 0 saturated heterocycles. The standard InChI is InChI=1S/C14H9F9O7S/c1-28-9(24)6-3-7(10(25)29-2)5-8(4-6)30-31(26,27)14(22,23)12(17,18)11(15,16)13(19,20)21/h3-5H,1-2H3. The summed E-state index contributed by atoms with van der Waals surface area (Å²) in [5.74, 6) is -19.2. The molecule has 1 aromatic rings. The van der Waals surface area contributed by atoms with Gasteiger partial charge in [0, 0.05) is 0 Å². The number of methoxy groups -OCH3 is 2. The number of carbonyl (C=O) groups excluding carboxylic acids is 2. The van der Waals surface area contributed by atoms with Gasteiger partial charge in [0.1, 0.15) is 5.75 Å². The largest absolute Gasteiger partial charge is 0.465 e. The number of esters is 2. The molecule has 0 fully saturated rings. The van der Waals surface area contributed by atoms with Crippen LogP contribution in [0.15, 0.2) is 18.2 Å². The van der Waals surface area contributed by atoms with E-state index in [4.69, 9.17) is 0 Å². The van der Waals surface area contributed by atoms with E-state index in [1.807, 2.05) is 0 Å². The summed E-state index contributed by atoms with van der Waals surface area (Å²) in [6.45, 7) is 0. The molecule has 0 spiro atoms. The molecule has 0 bridgehead atoms. The van der Waals surface area contributed by atoms with Gasteiger partial charge in [-0.25, -0.2) is 9.59 Å². The Kier molecular flexibility index (Phi) is 6.86. The highest BCUT2D eigenvalue weighted by atomic mass is 32.2. The lowest BCUT2D eigenvalue weighted by atomic mass is 10.1. The van der Waals surface area contributed by atoms with Crippen molar-refractivity contribution in [1.29, 1.82) is 0 Å². The maximum absolute atomic E-state index is 13.7. The molecule has 1 aromatic carbocycles. The first-order valence-electron chi connectivity index (χ1n) is 7.22. The summed E-state index contributed by atoms with van der Waals surface area (Å²) in [4.78, 5) is 23.0. The van der Waals surface area contributed by atoms with Crippen molar-refractivity contribution in [2.45, 2.75) is 23.3 Å². The summed E-state index contributed by atoms with van der Waals surface area (Å²) < 4.78 is 151. The van der Waals surface area contributed by atoms with Crippen molar-refractivity contribution in [3.63, 3.8) is 0 Å². The van der Waals surface area contributed by atoms with Gasteiger partial charge in [0.2, 0.25) is 0 Å². The predicted octanol–water partition coefficient (Wildman–Crippen LogP) is 3.39. The Balaban J connectivity index is 3.57. The van der Waals surface area contributed by atoms with Crippen molar-refractivity contribution < 1.29 is 71.2 Å². The highest BCUT2D eigenvalue weighted by Gasteiger charge is 2.86. The Hall–Kier alpha value is -2.72. The SMILES string of the molecule is COC(=O)c1cc(OS(=O)(=O)C(F)(F)C(F)(F)C(F)(F)C(F)(F)F)cc(C(=O)OC)c1. The zero-order valence-electron chi connectivity index (χ0n) is 14.9. The summed E-state index contributed by atoms with van der Waals surface area (Å²) >= 11 is 0. The molecule has 1 rings (SSSR count). The van der Waals surface area contributed by atoms with Crippen LogP contribution < -0.4 is 4.18 Å². The second-order valence-electron chi connectivity index (χ2n) is 5.43. The predicted molar refractivity (Wildman–Crippen MR) is 79.6 cm³/mol. The van der Waals surface area contributed by atoms with Crippen molar-refractivity contribution >= 4 is 22.1 Å². The second-order valence-corrected chi connectivity index (χ2v) is 7.02. The zero-order chi connectivity index (χ0) is 24.6. The molecule has 17 heteroatoms. The van der Waals surface area contributed by atoms with E-state index in [1.165, 1.54) is 0 Å². The first kappa shape index (κ1) is 26.3. The van der Waals surface area contributed by atoms with Crippen LogP contribution in [0.4, 0.5) is 39.5 Å². The summed E-state index contributed by atoms with van der Waals surface area (Å²) in [6, 6.07) is 1.14. The van der Waals surface area contributed by atoms with Gasteiger partial charge in [-0.3, -0.25) is 0 Å². The smallest absolute Gasteiger partial charge is 0.460 e. The topological polar surface area (TPSA) is 96.0 Å². The van der Waals surface area contributed by atoms with Crippen LogP contribution in [0.2, 0.25) is 0 Å². The maximum atomic E-state index is 13.7. The first-order chi connectivity index (χ1) is 13.8. The van der Waals surface area contributed by atoms with Crippen LogP contribution in [0.3, 0.4) is 0 Å². The fraction of sp³-hybridized carbons (Fsp3) is 0.429. The minimum atomic E-state index is -7.53. The highest BCUT2D eigenvalue weighted by Crippen LogP contribution is 2.55. The molecule has 31 heavy (non-hydrogen) atoms. The van der Waals surface area contributed by atoms with Crippen LogP contribution in [-0.4, -0.2) is 57.9 Å². The first-order valence-corrected chi connectivity index (χ1v) is 8.63. The van der Waals surface area contributed by atoms with E-state index in [2.05, 4.69) is 13.7 Å². The third-order valence-corrected chi connectivity index (χ3v) is 4.68. The third kappa shape index (κ3) is 4.49. The molecule has 0 atom stereocenters. The molecule has 7 nitrogen and oxygen atoms in total. The number of hydrogen-bond acceptors (Lipinski definition) is 7. The number of ether oxygens (including phenoxy) is 2. The molecule has 0 heterocycles. The molecule has 0 aliphatic rings. The minimum Gasteiger partial charge on any atom is -0.465 e. The maximum Gasteiger partial charge on any atom is 0.460 e. The van der Waals surface area contributed by atoms with E-state index in [1.54, 1.807) is 0 Å². The van der Waals surface area contributed by atoms with E-state index in [-0.39, 0.29) is 12.1 Å². The average molecular weight is 492 g/mol. The fourth-order valence-electron chi connectivity index (χ4n) is 1.82. The molecule has 0 radical (unpaired) electrons. The van der Waals surface area contributed by atoms with Gasteiger partial charge in [0.15, 0.2) is 0 Å². The summed E-state index contributed by atoms with van der Waals surface area (Å²) in [7, 11) is -5.73. The van der Waals surface area contributed by atoms with Crippen LogP contribution in [-0.2, 0) is 19.6 Å². The van der Waals surface area contributed by atoms with Crippen molar-refractivity contribution in [2.75, 3.05) is 14.2 Å². The molecule has 176 valence electrons. The van der Waals surface area contributed by atoms with Crippen molar-refractivity contribution in [1.82, 2.24) is 0 Å². The van der Waals surface area contributed by atoms with Gasteiger partial charge in [-0.15, -0.1) is 0 Å². The van der Waals surface area contributed by atoms with E-state index in [0.29, 0.717) is 6.07 Å². The van der Waals surface area contributed by atoms with Gasteiger partial charge in [0.25, 0.3) is 0 Å². The number of halogens is 9. The van der Waals surface area contributed by atoms with Gasteiger partial charge in [-0.1, -0.05) is 0 Å². The van der Waals surface area contributed by atoms with Gasteiger partial charge >= 0.3 is 45.3 Å². The molecule has 0 aliphatic carbocycles. The number of benzene rings is 1. The van der Waals surface area contributed by atoms with Crippen molar-refractivity contribution in [3.05, 3.63) is 29.3 Å². The van der Waals surface area contributed by atoms with Crippen LogP contribution >= 0.6 is 0 Å². The average Bonchev–Trinajstić information content (AvgIpc) is 2.64. The summed E-state index contributed by atoms with van der Waals surface area (Å²) in [5.41, 5.74) is -1.57. The van der Waals surface area contributed by atoms with Gasteiger partial charge in [-0.05, 0) is 18.2 Å². The molecule has 0 saturated carbocycles. The Morgan fingerprint density at radius 2 is 1.13 bits per heavy atom. The molecule has 0 aromatic heterocycles. The molecule has 0 N–H and O–H groups in total. The normalized spacial score (nSPS) is 13.5. The highest BCUT2D eigenvalue weighted by molar-refractivity contribution is 7.88. The lowest BCUT2D eigenvalue weighted by molar-refractivity contribution is -0.382. The van der Waals surface area contributed by atoms with Crippen LogP contribution in [0.25, 0.3) is 0 Å². The van der Waals surface area contributed by atoms with Crippen LogP contribution in [0.1, 0.15) is 20.7 Å². The zero-order valence-corrected chi connectivity index (χ0v) is 15.7. The number of alkyl halides is 9. The molecular weight excluding hydrogens is 483 g/mol. The van der Waals surface area contributed by atoms with E-state index < -0.39 is 62.2 Å². The van der Waals surface area contributed by atoms with Crippen LogP contribution in [0.5, 0.6) is 5.75 Å². The lowest BCUT2D eigenvalue weighted by Gasteiger charge is -2.32. The Labute approximate surface area is 166 Å². The van der Waals surface area contributed by atoms with Crippen molar-refractivity contribution in [3.8, 4) is 5.75 Å². The fourth-order valence-corrected chi connectivity index (χ4v) is 2.71. The summed E-state index contributed by atoms with van der Waals surface area (Å²) in [6.07, 6.45) is -7.27.